The second-order valence-corrected chi connectivity index (χ2v) is 5.18. The molecule has 0 bridgehead atoms. The molecule has 0 aliphatic heterocycles. The summed E-state index contributed by atoms with van der Waals surface area (Å²) in [6.07, 6.45) is 1.78. The fraction of sp³-hybridized carbons (Fsp3) is 0.357. The van der Waals surface area contributed by atoms with E-state index < -0.39 is 5.91 Å². The molecule has 22 heavy (non-hydrogen) atoms. The van der Waals surface area contributed by atoms with Gasteiger partial charge in [-0.1, -0.05) is 29.3 Å². The van der Waals surface area contributed by atoms with Gasteiger partial charge in [-0.25, -0.2) is 5.43 Å². The third-order valence-corrected chi connectivity index (χ3v) is 3.09. The predicted octanol–water partition coefficient (Wildman–Crippen LogP) is 1.99. The van der Waals surface area contributed by atoms with E-state index in [1.807, 2.05) is 0 Å². The maximum absolute atomic E-state index is 11.5. The molecule has 1 rings (SSSR count). The maximum atomic E-state index is 11.5. The summed E-state index contributed by atoms with van der Waals surface area (Å²) >= 11 is 11.7. The van der Waals surface area contributed by atoms with Gasteiger partial charge in [-0.2, -0.15) is 5.10 Å². The van der Waals surface area contributed by atoms with Gasteiger partial charge < -0.3 is 10.1 Å². The van der Waals surface area contributed by atoms with Crippen molar-refractivity contribution in [3.63, 3.8) is 0 Å². The molecule has 0 aliphatic carbocycles. The van der Waals surface area contributed by atoms with Gasteiger partial charge in [-0.15, -0.1) is 0 Å². The van der Waals surface area contributed by atoms with Crippen molar-refractivity contribution in [2.24, 2.45) is 5.10 Å². The molecule has 0 aromatic heterocycles. The van der Waals surface area contributed by atoms with Gasteiger partial charge in [0.15, 0.2) is 0 Å². The monoisotopic (exact) mass is 345 g/mol. The van der Waals surface area contributed by atoms with Gasteiger partial charge >= 0.3 is 0 Å². The smallest absolute Gasteiger partial charge is 0.249 e. The summed E-state index contributed by atoms with van der Waals surface area (Å²) < 4.78 is 4.85. The minimum Gasteiger partial charge on any atom is -0.385 e. The molecule has 0 aliphatic rings. The van der Waals surface area contributed by atoms with Gasteiger partial charge in [-0.05, 0) is 18.6 Å². The molecule has 8 heteroatoms. The van der Waals surface area contributed by atoms with Gasteiger partial charge in [0.05, 0.1) is 11.2 Å². The van der Waals surface area contributed by atoms with E-state index in [2.05, 4.69) is 15.8 Å². The normalized spacial score (nSPS) is 10.7. The highest BCUT2D eigenvalue weighted by atomic mass is 35.5. The number of halogens is 2. The largest absolute Gasteiger partial charge is 0.385 e. The molecule has 1 aromatic rings. The van der Waals surface area contributed by atoms with Crippen LogP contribution in [0.2, 0.25) is 10.0 Å². The molecular formula is C14H17Cl2N3O3. The Hall–Kier alpha value is -1.63. The predicted molar refractivity (Wildman–Crippen MR) is 86.3 cm³/mol. The van der Waals surface area contributed by atoms with Gasteiger partial charge in [0.25, 0.3) is 0 Å². The van der Waals surface area contributed by atoms with Crippen LogP contribution in [0.4, 0.5) is 0 Å². The summed E-state index contributed by atoms with van der Waals surface area (Å²) in [5.41, 5.74) is 2.87. The van der Waals surface area contributed by atoms with Crippen molar-refractivity contribution in [2.75, 3.05) is 20.3 Å². The van der Waals surface area contributed by atoms with Crippen LogP contribution < -0.4 is 10.7 Å². The molecule has 0 fully saturated rings. The zero-order valence-electron chi connectivity index (χ0n) is 12.1. The number of amides is 2. The number of carbonyl (C=O) groups is 2. The first-order valence-corrected chi connectivity index (χ1v) is 7.31. The average Bonchev–Trinajstić information content (AvgIpc) is 2.46. The number of rotatable bonds is 8. The highest BCUT2D eigenvalue weighted by molar-refractivity contribution is 6.36. The standard InChI is InChI=1S/C14H17Cl2N3O3/c1-22-6-2-5-17-13(20)8-14(21)19-18-9-10-3-4-11(15)7-12(10)16/h3-4,7,9H,2,5-6,8H2,1H3,(H,17,20)(H,19,21)/b18-9-. The van der Waals surface area contributed by atoms with E-state index in [1.54, 1.807) is 25.3 Å². The average molecular weight is 346 g/mol. The highest BCUT2D eigenvalue weighted by Gasteiger charge is 2.07. The molecule has 0 atom stereocenters. The van der Waals surface area contributed by atoms with Crippen LogP contribution in [0.15, 0.2) is 23.3 Å². The molecule has 0 saturated carbocycles. The zero-order chi connectivity index (χ0) is 16.4. The molecule has 2 N–H and O–H groups in total. The van der Waals surface area contributed by atoms with Gasteiger partial charge in [-0.3, -0.25) is 9.59 Å². The van der Waals surface area contributed by atoms with Gasteiger partial charge in [0.2, 0.25) is 11.8 Å². The van der Waals surface area contributed by atoms with Gasteiger partial charge in [0.1, 0.15) is 6.42 Å². The number of hydrazone groups is 1. The lowest BCUT2D eigenvalue weighted by atomic mass is 10.2. The molecule has 0 saturated heterocycles. The lowest BCUT2D eigenvalue weighted by molar-refractivity contribution is -0.129. The Bertz CT molecular complexity index is 550. The number of ether oxygens (including phenoxy) is 1. The van der Waals surface area contributed by atoms with Crippen molar-refractivity contribution in [1.82, 2.24) is 10.7 Å². The summed E-state index contributed by atoms with van der Waals surface area (Å²) in [6.45, 7) is 1.02. The lowest BCUT2D eigenvalue weighted by Gasteiger charge is -2.04. The van der Waals surface area contributed by atoms with Crippen molar-refractivity contribution in [3.05, 3.63) is 33.8 Å². The molecular weight excluding hydrogens is 329 g/mol. The van der Waals surface area contributed by atoms with Crippen LogP contribution in [0, 0.1) is 0 Å². The summed E-state index contributed by atoms with van der Waals surface area (Å²) in [7, 11) is 1.58. The van der Waals surface area contributed by atoms with Crippen LogP contribution >= 0.6 is 23.2 Å². The highest BCUT2D eigenvalue weighted by Crippen LogP contribution is 2.19. The molecule has 2 amide bonds. The zero-order valence-corrected chi connectivity index (χ0v) is 13.6. The van der Waals surface area contributed by atoms with E-state index in [1.165, 1.54) is 6.21 Å². The number of nitrogens with zero attached hydrogens (tertiary/aromatic N) is 1. The van der Waals surface area contributed by atoms with Crippen LogP contribution in [0.25, 0.3) is 0 Å². The number of benzene rings is 1. The number of methoxy groups -OCH3 is 1. The van der Waals surface area contributed by atoms with Crippen molar-refractivity contribution < 1.29 is 14.3 Å². The number of carbonyl (C=O) groups excluding carboxylic acids is 2. The van der Waals surface area contributed by atoms with E-state index in [0.717, 1.165) is 0 Å². The van der Waals surface area contributed by atoms with Crippen LogP contribution in [0.5, 0.6) is 0 Å². The Balaban J connectivity index is 2.33. The Kier molecular flexibility index (Phi) is 8.50. The summed E-state index contributed by atoms with van der Waals surface area (Å²) in [6, 6.07) is 4.90. The molecule has 1 aromatic carbocycles. The summed E-state index contributed by atoms with van der Waals surface area (Å²) in [4.78, 5) is 22.9. The number of hydrogen-bond acceptors (Lipinski definition) is 4. The molecule has 0 heterocycles. The van der Waals surface area contributed by atoms with Gasteiger partial charge in [0, 0.05) is 30.8 Å². The van der Waals surface area contributed by atoms with E-state index >= 15 is 0 Å². The molecule has 0 spiro atoms. The first-order valence-electron chi connectivity index (χ1n) is 6.55. The molecule has 0 radical (unpaired) electrons. The second kappa shape index (κ2) is 10.2. The minimum absolute atomic E-state index is 0.293. The topological polar surface area (TPSA) is 79.8 Å². The van der Waals surface area contributed by atoms with Crippen molar-refractivity contribution >= 4 is 41.2 Å². The third kappa shape index (κ3) is 7.40. The SMILES string of the molecule is COCCCNC(=O)CC(=O)N/N=C\c1ccc(Cl)cc1Cl. The maximum Gasteiger partial charge on any atom is 0.249 e. The van der Waals surface area contributed by atoms with Crippen molar-refractivity contribution in [1.29, 1.82) is 0 Å². The third-order valence-electron chi connectivity index (χ3n) is 2.52. The van der Waals surface area contributed by atoms with Crippen LogP contribution in [-0.2, 0) is 14.3 Å². The number of nitrogens with one attached hydrogen (secondary N) is 2. The first-order chi connectivity index (χ1) is 10.5. The Labute approximate surface area is 138 Å². The summed E-state index contributed by atoms with van der Waals surface area (Å²) in [5.74, 6) is -0.876. The van der Waals surface area contributed by atoms with Crippen LogP contribution in [-0.4, -0.2) is 38.3 Å². The van der Waals surface area contributed by atoms with E-state index in [4.69, 9.17) is 27.9 Å². The Morgan fingerprint density at radius 2 is 2.09 bits per heavy atom. The van der Waals surface area contributed by atoms with Crippen molar-refractivity contribution in [2.45, 2.75) is 12.8 Å². The summed E-state index contributed by atoms with van der Waals surface area (Å²) in [5, 5.41) is 7.28. The fourth-order valence-corrected chi connectivity index (χ4v) is 1.93. The number of hydrogen-bond donors (Lipinski definition) is 2. The van der Waals surface area contributed by atoms with Crippen LogP contribution in [0.1, 0.15) is 18.4 Å². The Morgan fingerprint density at radius 1 is 1.32 bits per heavy atom. The van der Waals surface area contributed by atoms with Crippen molar-refractivity contribution in [3.8, 4) is 0 Å². The molecule has 120 valence electrons. The minimum atomic E-state index is -0.509. The van der Waals surface area contributed by atoms with E-state index in [-0.39, 0.29) is 12.3 Å². The Morgan fingerprint density at radius 3 is 2.77 bits per heavy atom. The van der Waals surface area contributed by atoms with Crippen LogP contribution in [0.3, 0.4) is 0 Å². The quantitative estimate of drug-likeness (QED) is 0.327. The lowest BCUT2D eigenvalue weighted by Crippen LogP contribution is -2.30. The van der Waals surface area contributed by atoms with E-state index in [0.29, 0.717) is 35.2 Å². The first kappa shape index (κ1) is 18.4. The fourth-order valence-electron chi connectivity index (χ4n) is 1.47. The second-order valence-electron chi connectivity index (χ2n) is 4.33. The van der Waals surface area contributed by atoms with E-state index in [9.17, 15) is 9.59 Å². The molecule has 0 unspecified atom stereocenters. The molecule has 6 nitrogen and oxygen atoms in total.